The average molecular weight is 245 g/mol. The van der Waals surface area contributed by atoms with Crippen LogP contribution in [0.25, 0.3) is 0 Å². The molecule has 3 nitrogen and oxygen atoms in total. The van der Waals surface area contributed by atoms with Crippen LogP contribution in [0.15, 0.2) is 0 Å². The Morgan fingerprint density at radius 1 is 0.611 bits per heavy atom. The summed E-state index contributed by atoms with van der Waals surface area (Å²) in [5.41, 5.74) is -0.0526. The van der Waals surface area contributed by atoms with E-state index in [0.717, 1.165) is 17.5 Å². The van der Waals surface area contributed by atoms with Crippen LogP contribution in [0.3, 0.4) is 0 Å². The van der Waals surface area contributed by atoms with Crippen LogP contribution in [0, 0.1) is 0 Å². The van der Waals surface area contributed by atoms with Gasteiger partial charge in [-0.3, -0.25) is 0 Å². The van der Waals surface area contributed by atoms with Crippen molar-refractivity contribution in [2.45, 2.75) is 64.5 Å². The maximum absolute atomic E-state index is 4.67. The quantitative estimate of drug-likeness (QED) is 0.726. The van der Waals surface area contributed by atoms with Crippen LogP contribution < -0.4 is 0 Å². The Morgan fingerprint density at radius 2 is 0.889 bits per heavy atom. The standard InChI is InChI=1S/C13H25B2N3/c1-11(2,3)8-16-9(12(4,5)14)18-10(17-8)13(6,7)15/h14-15H2,1-7H3. The molecule has 0 atom stereocenters. The van der Waals surface area contributed by atoms with E-state index < -0.39 is 0 Å². The van der Waals surface area contributed by atoms with E-state index in [1.807, 2.05) is 0 Å². The van der Waals surface area contributed by atoms with Gasteiger partial charge in [0.2, 0.25) is 0 Å². The first kappa shape index (κ1) is 15.2. The largest absolute Gasteiger partial charge is 0.218 e. The van der Waals surface area contributed by atoms with E-state index in [9.17, 15) is 0 Å². The van der Waals surface area contributed by atoms with Crippen molar-refractivity contribution in [3.05, 3.63) is 17.5 Å². The predicted molar refractivity (Wildman–Crippen MR) is 81.7 cm³/mol. The molecule has 0 fully saturated rings. The summed E-state index contributed by atoms with van der Waals surface area (Å²) in [6, 6.07) is 0. The van der Waals surface area contributed by atoms with Crippen molar-refractivity contribution in [1.29, 1.82) is 0 Å². The van der Waals surface area contributed by atoms with Gasteiger partial charge in [0.1, 0.15) is 33.2 Å². The number of hydrogen-bond donors (Lipinski definition) is 0. The first-order valence-electron chi connectivity index (χ1n) is 6.59. The summed E-state index contributed by atoms with van der Waals surface area (Å²) < 4.78 is 0. The van der Waals surface area contributed by atoms with Crippen LogP contribution in [0.1, 0.15) is 65.9 Å². The molecule has 0 radical (unpaired) electrons. The predicted octanol–water partition coefficient (Wildman–Crippen LogP) is 0.905. The second-order valence-corrected chi connectivity index (χ2v) is 8.06. The van der Waals surface area contributed by atoms with Gasteiger partial charge in [0.15, 0.2) is 0 Å². The number of aromatic nitrogens is 3. The molecular weight excluding hydrogens is 220 g/mol. The van der Waals surface area contributed by atoms with Crippen molar-refractivity contribution < 1.29 is 0 Å². The molecule has 98 valence electrons. The molecule has 0 aromatic carbocycles. The van der Waals surface area contributed by atoms with Gasteiger partial charge < -0.3 is 0 Å². The first-order chi connectivity index (χ1) is 7.82. The maximum Gasteiger partial charge on any atom is 0.137 e. The zero-order valence-electron chi connectivity index (χ0n) is 13.3. The summed E-state index contributed by atoms with van der Waals surface area (Å²) in [7, 11) is 4.28. The molecule has 0 saturated heterocycles. The van der Waals surface area contributed by atoms with Crippen molar-refractivity contribution in [3.63, 3.8) is 0 Å². The minimum Gasteiger partial charge on any atom is -0.218 e. The average Bonchev–Trinajstić information content (AvgIpc) is 2.13. The summed E-state index contributed by atoms with van der Waals surface area (Å²) in [5, 5.41) is -0.105. The second kappa shape index (κ2) is 4.36. The Bertz CT molecular complexity index is 358. The third-order valence-corrected chi connectivity index (χ3v) is 2.65. The Morgan fingerprint density at radius 3 is 1.11 bits per heavy atom. The van der Waals surface area contributed by atoms with E-state index in [-0.39, 0.29) is 16.0 Å². The second-order valence-electron chi connectivity index (χ2n) is 8.06. The lowest BCUT2D eigenvalue weighted by Crippen LogP contribution is -2.31. The minimum atomic E-state index is -0.0526. The van der Waals surface area contributed by atoms with Gasteiger partial charge in [0, 0.05) is 5.41 Å². The van der Waals surface area contributed by atoms with Gasteiger partial charge in [-0.1, -0.05) is 48.5 Å². The summed E-state index contributed by atoms with van der Waals surface area (Å²) in [4.78, 5) is 14.0. The molecule has 0 N–H and O–H groups in total. The van der Waals surface area contributed by atoms with Gasteiger partial charge in [-0.05, 0) is 10.6 Å². The normalized spacial score (nSPS) is 13.7. The molecule has 1 aromatic rings. The van der Waals surface area contributed by atoms with E-state index >= 15 is 0 Å². The van der Waals surface area contributed by atoms with E-state index in [0.29, 0.717) is 0 Å². The van der Waals surface area contributed by atoms with Crippen LogP contribution in [-0.2, 0) is 16.0 Å². The van der Waals surface area contributed by atoms with E-state index in [4.69, 9.17) is 0 Å². The van der Waals surface area contributed by atoms with Crippen LogP contribution in [0.4, 0.5) is 0 Å². The Labute approximate surface area is 113 Å². The van der Waals surface area contributed by atoms with E-state index in [2.05, 4.69) is 79.1 Å². The topological polar surface area (TPSA) is 38.7 Å². The van der Waals surface area contributed by atoms with Gasteiger partial charge in [-0.25, -0.2) is 15.0 Å². The van der Waals surface area contributed by atoms with Crippen molar-refractivity contribution in [2.24, 2.45) is 0 Å². The summed E-state index contributed by atoms with van der Waals surface area (Å²) in [6.45, 7) is 15.0. The van der Waals surface area contributed by atoms with E-state index in [1.54, 1.807) is 0 Å². The maximum atomic E-state index is 4.67. The fourth-order valence-corrected chi connectivity index (χ4v) is 1.38. The lowest BCUT2D eigenvalue weighted by Gasteiger charge is -2.26. The fourth-order valence-electron chi connectivity index (χ4n) is 1.38. The number of hydrogen-bond acceptors (Lipinski definition) is 3. The molecule has 5 heteroatoms. The Balaban J connectivity index is 3.49. The zero-order chi connectivity index (χ0) is 14.4. The highest BCUT2D eigenvalue weighted by molar-refractivity contribution is 6.15. The molecule has 0 amide bonds. The van der Waals surface area contributed by atoms with Crippen LogP contribution >= 0.6 is 0 Å². The van der Waals surface area contributed by atoms with Crippen molar-refractivity contribution in [3.8, 4) is 0 Å². The molecule has 0 spiro atoms. The fraction of sp³-hybridized carbons (Fsp3) is 0.769. The third kappa shape index (κ3) is 3.56. The van der Waals surface area contributed by atoms with Gasteiger partial charge in [-0.2, -0.15) is 0 Å². The van der Waals surface area contributed by atoms with Crippen molar-refractivity contribution >= 4 is 15.7 Å². The molecule has 0 bridgehead atoms. The molecule has 1 heterocycles. The number of rotatable bonds is 2. The lowest BCUT2D eigenvalue weighted by molar-refractivity contribution is 0.508. The van der Waals surface area contributed by atoms with Crippen LogP contribution in [0.5, 0.6) is 0 Å². The van der Waals surface area contributed by atoms with Gasteiger partial charge in [0.25, 0.3) is 0 Å². The first-order valence-corrected chi connectivity index (χ1v) is 6.59. The van der Waals surface area contributed by atoms with Crippen molar-refractivity contribution in [2.75, 3.05) is 0 Å². The molecule has 1 rings (SSSR count). The van der Waals surface area contributed by atoms with Gasteiger partial charge >= 0.3 is 0 Å². The smallest absolute Gasteiger partial charge is 0.137 e. The third-order valence-electron chi connectivity index (χ3n) is 2.65. The summed E-state index contributed by atoms with van der Waals surface area (Å²) >= 11 is 0. The van der Waals surface area contributed by atoms with Crippen molar-refractivity contribution in [1.82, 2.24) is 15.0 Å². The van der Waals surface area contributed by atoms with Gasteiger partial charge in [0.05, 0.1) is 0 Å². The van der Waals surface area contributed by atoms with E-state index in [1.165, 1.54) is 0 Å². The minimum absolute atomic E-state index is 0.0526. The summed E-state index contributed by atoms with van der Waals surface area (Å²) in [6.07, 6.45) is 0. The van der Waals surface area contributed by atoms with Gasteiger partial charge in [-0.15, -0.1) is 0 Å². The molecule has 0 aliphatic rings. The lowest BCUT2D eigenvalue weighted by atomic mass is 9.70. The molecule has 0 unspecified atom stereocenters. The molecule has 1 aromatic heterocycles. The Hall–Kier alpha value is -0.860. The monoisotopic (exact) mass is 245 g/mol. The van der Waals surface area contributed by atoms with Crippen LogP contribution in [0.2, 0.25) is 0 Å². The molecule has 18 heavy (non-hydrogen) atoms. The highest BCUT2D eigenvalue weighted by atomic mass is 15.1. The highest BCUT2D eigenvalue weighted by Crippen LogP contribution is 2.24. The highest BCUT2D eigenvalue weighted by Gasteiger charge is 2.28. The zero-order valence-corrected chi connectivity index (χ0v) is 13.3. The number of nitrogens with zero attached hydrogens (tertiary/aromatic N) is 3. The van der Waals surface area contributed by atoms with Crippen LogP contribution in [-0.4, -0.2) is 30.6 Å². The molecule has 0 saturated carbocycles. The molecule has 0 aliphatic carbocycles. The summed E-state index contributed by atoms with van der Waals surface area (Å²) in [5.74, 6) is 2.65. The molecule has 0 aliphatic heterocycles. The SMILES string of the molecule is BC(C)(C)c1nc(C(B)(C)C)nc(C(C)(C)C)n1. The Kier molecular flexibility index (Phi) is 3.68. The molecular formula is C13H25B2N3.